The number of aryl methyl sites for hydroxylation is 2. The molecule has 1 fully saturated rings. The summed E-state index contributed by atoms with van der Waals surface area (Å²) in [5.74, 6) is -0.748. The molecule has 0 bridgehead atoms. The summed E-state index contributed by atoms with van der Waals surface area (Å²) in [6.07, 6.45) is 5.43. The van der Waals surface area contributed by atoms with Gasteiger partial charge in [-0.05, 0) is 47.9 Å². The van der Waals surface area contributed by atoms with Crippen LogP contribution in [0.5, 0.6) is 5.75 Å². The molecule has 31 heavy (non-hydrogen) atoms. The van der Waals surface area contributed by atoms with Crippen molar-refractivity contribution < 1.29 is 9.90 Å². The molecule has 3 aromatic rings. The van der Waals surface area contributed by atoms with E-state index in [0.29, 0.717) is 6.67 Å². The highest BCUT2D eigenvalue weighted by molar-refractivity contribution is 5.96. The highest BCUT2D eigenvalue weighted by Gasteiger charge is 2.43. The van der Waals surface area contributed by atoms with Gasteiger partial charge in [0.1, 0.15) is 6.67 Å². The Labute approximate surface area is 179 Å². The number of rotatable bonds is 2. The summed E-state index contributed by atoms with van der Waals surface area (Å²) in [6.45, 7) is 0.409. The first-order chi connectivity index (χ1) is 15.1. The molecule has 1 aromatic heterocycles. The van der Waals surface area contributed by atoms with E-state index < -0.39 is 11.2 Å². The lowest BCUT2D eigenvalue weighted by atomic mass is 9.94. The highest BCUT2D eigenvalue weighted by Crippen LogP contribution is 2.40. The summed E-state index contributed by atoms with van der Waals surface area (Å²) in [4.78, 5) is 27.3. The average Bonchev–Trinajstić information content (AvgIpc) is 3.63. The lowest BCUT2D eigenvalue weighted by Gasteiger charge is -2.44. The highest BCUT2D eigenvalue weighted by atomic mass is 16.3. The van der Waals surface area contributed by atoms with Crippen LogP contribution in [0.3, 0.4) is 0 Å². The molecule has 1 amide bonds. The molecular formula is C25H23N3O3. The van der Waals surface area contributed by atoms with E-state index in [2.05, 4.69) is 53.5 Å². The minimum absolute atomic E-state index is 0.0601. The maximum atomic E-state index is 13.2. The van der Waals surface area contributed by atoms with Gasteiger partial charge in [-0.2, -0.15) is 0 Å². The SMILES string of the molecule is O=C1c2c(O)c(=O)ccn2N(C2c3ccccc3CCc3ccccc32)CN1C1CC1. The zero-order valence-corrected chi connectivity index (χ0v) is 17.1. The van der Waals surface area contributed by atoms with Crippen LogP contribution >= 0.6 is 0 Å². The van der Waals surface area contributed by atoms with Crippen LogP contribution in [0.4, 0.5) is 0 Å². The van der Waals surface area contributed by atoms with Crippen LogP contribution in [0.15, 0.2) is 65.6 Å². The lowest BCUT2D eigenvalue weighted by Crippen LogP contribution is -2.56. The molecule has 1 aliphatic heterocycles. The maximum Gasteiger partial charge on any atom is 0.278 e. The fraction of sp³-hybridized carbons (Fsp3) is 0.280. The standard InChI is InChI=1S/C25H23N3O3/c29-21-13-14-27-23(24(21)30)25(31)26(18-11-12-18)15-28(27)22-19-7-3-1-5-16(19)9-10-17-6-2-4-8-20(17)22/h1-8,13-14,18,22,30H,9-12,15H2. The van der Waals surface area contributed by atoms with Gasteiger partial charge in [0.25, 0.3) is 5.91 Å². The van der Waals surface area contributed by atoms with Gasteiger partial charge in [-0.1, -0.05) is 48.5 Å². The van der Waals surface area contributed by atoms with Crippen LogP contribution < -0.4 is 10.4 Å². The summed E-state index contributed by atoms with van der Waals surface area (Å²) in [5, 5.41) is 12.7. The molecule has 6 rings (SSSR count). The molecule has 2 aliphatic carbocycles. The van der Waals surface area contributed by atoms with E-state index >= 15 is 0 Å². The smallest absolute Gasteiger partial charge is 0.278 e. The summed E-state index contributed by atoms with van der Waals surface area (Å²) in [7, 11) is 0. The number of benzene rings is 2. The Bertz CT molecular complexity index is 1210. The molecule has 1 saturated carbocycles. The van der Waals surface area contributed by atoms with Gasteiger partial charge in [-0.3, -0.25) is 19.3 Å². The molecule has 0 atom stereocenters. The monoisotopic (exact) mass is 413 g/mol. The first-order valence-electron chi connectivity index (χ1n) is 10.8. The number of hydrogen-bond donors (Lipinski definition) is 1. The Morgan fingerprint density at radius 2 is 1.45 bits per heavy atom. The average molecular weight is 413 g/mol. The van der Waals surface area contributed by atoms with Crippen molar-refractivity contribution >= 4 is 5.91 Å². The number of fused-ring (bicyclic) bond motifs is 3. The molecule has 2 heterocycles. The number of nitrogens with zero attached hydrogens (tertiary/aromatic N) is 3. The van der Waals surface area contributed by atoms with E-state index in [0.717, 1.165) is 25.7 Å². The third-order valence-corrected chi connectivity index (χ3v) is 6.74. The quantitative estimate of drug-likeness (QED) is 0.702. The molecule has 0 radical (unpaired) electrons. The second-order valence-electron chi connectivity index (χ2n) is 8.61. The number of hydrogen-bond acceptors (Lipinski definition) is 4. The first kappa shape index (κ1) is 18.2. The fourth-order valence-corrected chi connectivity index (χ4v) is 5.04. The summed E-state index contributed by atoms with van der Waals surface area (Å²) < 4.78 is 1.70. The van der Waals surface area contributed by atoms with Gasteiger partial charge in [-0.15, -0.1) is 0 Å². The van der Waals surface area contributed by atoms with Gasteiger partial charge >= 0.3 is 0 Å². The predicted molar refractivity (Wildman–Crippen MR) is 117 cm³/mol. The lowest BCUT2D eigenvalue weighted by molar-refractivity contribution is 0.0665. The predicted octanol–water partition coefficient (Wildman–Crippen LogP) is 2.96. The molecule has 2 aromatic carbocycles. The van der Waals surface area contributed by atoms with Gasteiger partial charge in [0.2, 0.25) is 5.43 Å². The maximum absolute atomic E-state index is 13.2. The minimum Gasteiger partial charge on any atom is -0.502 e. The van der Waals surface area contributed by atoms with E-state index in [-0.39, 0.29) is 23.7 Å². The Morgan fingerprint density at radius 3 is 2.06 bits per heavy atom. The van der Waals surface area contributed by atoms with Gasteiger partial charge in [-0.25, -0.2) is 0 Å². The van der Waals surface area contributed by atoms with Crippen LogP contribution in [-0.4, -0.2) is 33.3 Å². The van der Waals surface area contributed by atoms with Gasteiger partial charge < -0.3 is 10.0 Å². The van der Waals surface area contributed by atoms with E-state index in [9.17, 15) is 14.7 Å². The Morgan fingerprint density at radius 1 is 0.839 bits per heavy atom. The molecule has 1 N–H and O–H groups in total. The van der Waals surface area contributed by atoms with Crippen LogP contribution in [0.25, 0.3) is 0 Å². The molecule has 0 saturated heterocycles. The van der Waals surface area contributed by atoms with Crippen molar-refractivity contribution in [3.05, 3.63) is 99.0 Å². The third kappa shape index (κ3) is 2.78. The first-order valence-corrected chi connectivity index (χ1v) is 10.8. The molecule has 156 valence electrons. The number of pyridine rings is 1. The van der Waals surface area contributed by atoms with Crippen LogP contribution in [0.2, 0.25) is 0 Å². The van der Waals surface area contributed by atoms with Crippen LogP contribution in [0.1, 0.15) is 51.6 Å². The van der Waals surface area contributed by atoms with E-state index in [1.54, 1.807) is 10.9 Å². The largest absolute Gasteiger partial charge is 0.502 e. The zero-order valence-electron chi connectivity index (χ0n) is 17.1. The van der Waals surface area contributed by atoms with Crippen LogP contribution in [0, 0.1) is 0 Å². The number of amides is 1. The van der Waals surface area contributed by atoms with Crippen molar-refractivity contribution in [3.8, 4) is 5.75 Å². The molecule has 3 aliphatic rings. The molecule has 0 spiro atoms. The summed E-state index contributed by atoms with van der Waals surface area (Å²) in [6, 6.07) is 18.3. The topological polar surface area (TPSA) is 65.8 Å². The Balaban J connectivity index is 1.61. The number of carbonyl (C=O) groups is 1. The zero-order chi connectivity index (χ0) is 21.1. The number of carbonyl (C=O) groups excluding carboxylic acids is 1. The molecular weight excluding hydrogens is 390 g/mol. The normalized spacial score (nSPS) is 18.3. The van der Waals surface area contributed by atoms with Gasteiger partial charge in [0, 0.05) is 18.3 Å². The minimum atomic E-state index is -0.529. The second-order valence-corrected chi connectivity index (χ2v) is 8.61. The van der Waals surface area contributed by atoms with E-state index in [1.807, 2.05) is 4.90 Å². The summed E-state index contributed by atoms with van der Waals surface area (Å²) >= 11 is 0. The fourth-order valence-electron chi connectivity index (χ4n) is 5.04. The van der Waals surface area contributed by atoms with E-state index in [4.69, 9.17) is 0 Å². The Kier molecular flexibility index (Phi) is 3.96. The Hall–Kier alpha value is -3.54. The summed E-state index contributed by atoms with van der Waals surface area (Å²) in [5.41, 5.74) is 4.49. The van der Waals surface area contributed by atoms with Crippen molar-refractivity contribution in [2.45, 2.75) is 37.8 Å². The number of aromatic hydroxyl groups is 1. The molecule has 6 heteroatoms. The van der Waals surface area contributed by atoms with Crippen molar-refractivity contribution in [1.29, 1.82) is 0 Å². The van der Waals surface area contributed by atoms with E-state index in [1.165, 1.54) is 28.3 Å². The van der Waals surface area contributed by atoms with Gasteiger partial charge in [0.15, 0.2) is 11.4 Å². The van der Waals surface area contributed by atoms with Crippen molar-refractivity contribution in [2.75, 3.05) is 11.7 Å². The third-order valence-electron chi connectivity index (χ3n) is 6.74. The van der Waals surface area contributed by atoms with Crippen molar-refractivity contribution in [3.63, 3.8) is 0 Å². The number of aromatic nitrogens is 1. The molecule has 0 unspecified atom stereocenters. The van der Waals surface area contributed by atoms with Crippen molar-refractivity contribution in [2.24, 2.45) is 0 Å². The van der Waals surface area contributed by atoms with Crippen LogP contribution in [-0.2, 0) is 12.8 Å². The molecule has 6 nitrogen and oxygen atoms in total. The van der Waals surface area contributed by atoms with Crippen molar-refractivity contribution in [1.82, 2.24) is 9.58 Å². The second kappa shape index (κ2) is 6.74. The van der Waals surface area contributed by atoms with Gasteiger partial charge in [0.05, 0.1) is 6.04 Å².